The fourth-order valence-corrected chi connectivity index (χ4v) is 2.15. The van der Waals surface area contributed by atoms with Gasteiger partial charge in [-0.3, -0.25) is 14.4 Å². The van der Waals surface area contributed by atoms with Crippen molar-refractivity contribution >= 4 is 17.9 Å². The molecule has 1 aliphatic heterocycles. The largest absolute Gasteiger partial charge is 0.455 e. The minimum atomic E-state index is -1.47. The highest BCUT2D eigenvalue weighted by atomic mass is 16.7. The van der Waals surface area contributed by atoms with Crippen LogP contribution in [0.5, 0.6) is 0 Å². The zero-order valence-electron chi connectivity index (χ0n) is 12.7. The number of aliphatic hydroxyl groups is 2. The Labute approximate surface area is 127 Å². The van der Waals surface area contributed by atoms with Crippen molar-refractivity contribution in [2.24, 2.45) is 0 Å². The molecule has 1 heterocycles. The second-order valence-electron chi connectivity index (χ2n) is 4.96. The fraction of sp³-hybridized carbons (Fsp3) is 0.769. The van der Waals surface area contributed by atoms with Crippen LogP contribution in [0, 0.1) is 0 Å². The first kappa shape index (κ1) is 18.3. The number of hydrogen-bond acceptors (Lipinski definition) is 9. The molecule has 0 saturated carbocycles. The molecular formula is C13H20O9. The van der Waals surface area contributed by atoms with E-state index >= 15 is 0 Å². The van der Waals surface area contributed by atoms with Crippen LogP contribution in [-0.2, 0) is 33.3 Å². The van der Waals surface area contributed by atoms with Gasteiger partial charge in [0.05, 0.1) is 6.10 Å². The Balaban J connectivity index is 3.12. The fourth-order valence-electron chi connectivity index (χ4n) is 2.15. The first-order chi connectivity index (χ1) is 10.1. The van der Waals surface area contributed by atoms with Crippen molar-refractivity contribution in [3.05, 3.63) is 0 Å². The molecule has 1 rings (SSSR count). The minimum absolute atomic E-state index is 0.732. The van der Waals surface area contributed by atoms with Gasteiger partial charge in [0.2, 0.25) is 12.4 Å². The summed E-state index contributed by atoms with van der Waals surface area (Å²) in [5.41, 5.74) is 0. The lowest BCUT2D eigenvalue weighted by atomic mass is 9.95. The van der Waals surface area contributed by atoms with Gasteiger partial charge in [-0.25, -0.2) is 0 Å². The lowest BCUT2D eigenvalue weighted by Gasteiger charge is -2.43. The molecule has 2 N–H and O–H groups in total. The molecule has 0 aliphatic carbocycles. The molecule has 0 amide bonds. The normalized spacial score (nSPS) is 32.7. The minimum Gasteiger partial charge on any atom is -0.455 e. The number of rotatable bonds is 4. The Morgan fingerprint density at radius 2 is 1.41 bits per heavy atom. The number of aliphatic hydroxyl groups excluding tert-OH is 2. The molecular weight excluding hydrogens is 300 g/mol. The van der Waals surface area contributed by atoms with Crippen molar-refractivity contribution in [1.29, 1.82) is 0 Å². The highest BCUT2D eigenvalue weighted by molar-refractivity contribution is 5.68. The van der Waals surface area contributed by atoms with E-state index in [4.69, 9.17) is 18.9 Å². The zero-order valence-corrected chi connectivity index (χ0v) is 12.7. The monoisotopic (exact) mass is 320 g/mol. The summed E-state index contributed by atoms with van der Waals surface area (Å²) >= 11 is 0. The first-order valence-corrected chi connectivity index (χ1v) is 6.66. The van der Waals surface area contributed by atoms with E-state index in [-0.39, 0.29) is 0 Å². The van der Waals surface area contributed by atoms with Crippen molar-refractivity contribution in [2.75, 3.05) is 0 Å². The highest BCUT2D eigenvalue weighted by Crippen LogP contribution is 2.28. The van der Waals surface area contributed by atoms with Crippen molar-refractivity contribution in [1.82, 2.24) is 0 Å². The van der Waals surface area contributed by atoms with Crippen LogP contribution in [0.4, 0.5) is 0 Å². The summed E-state index contributed by atoms with van der Waals surface area (Å²) in [4.78, 5) is 33.6. The molecule has 0 spiro atoms. The maximum Gasteiger partial charge on any atom is 0.305 e. The summed E-state index contributed by atoms with van der Waals surface area (Å²) < 4.78 is 20.1. The third-order valence-corrected chi connectivity index (χ3v) is 2.92. The van der Waals surface area contributed by atoms with E-state index in [1.807, 2.05) is 0 Å². The zero-order chi connectivity index (χ0) is 17.0. The predicted molar refractivity (Wildman–Crippen MR) is 69.2 cm³/mol. The molecule has 1 aliphatic rings. The van der Waals surface area contributed by atoms with Gasteiger partial charge in [-0.2, -0.15) is 0 Å². The number of carbonyl (C=O) groups is 3. The van der Waals surface area contributed by atoms with Crippen molar-refractivity contribution < 1.29 is 43.5 Å². The van der Waals surface area contributed by atoms with Crippen LogP contribution in [0.25, 0.3) is 0 Å². The van der Waals surface area contributed by atoms with Crippen molar-refractivity contribution in [3.63, 3.8) is 0 Å². The van der Waals surface area contributed by atoms with Crippen LogP contribution in [0.15, 0.2) is 0 Å². The Bertz CT molecular complexity index is 433. The molecule has 126 valence electrons. The van der Waals surface area contributed by atoms with Gasteiger partial charge in [-0.15, -0.1) is 0 Å². The summed E-state index contributed by atoms with van der Waals surface area (Å²) in [6.07, 6.45) is -7.94. The molecule has 1 saturated heterocycles. The van der Waals surface area contributed by atoms with Gasteiger partial charge in [0.1, 0.15) is 12.2 Å². The number of ether oxygens (including phenoxy) is 4. The van der Waals surface area contributed by atoms with Crippen molar-refractivity contribution in [2.45, 2.75) is 64.5 Å². The molecule has 1 fully saturated rings. The SMILES string of the molecule is CC(=O)OC1O[C@H]([C@H](C)O)[C@@H](O)[C@H](OC(C)=O)[C@@H]1OC(C)=O. The average molecular weight is 320 g/mol. The molecule has 0 aromatic carbocycles. The van der Waals surface area contributed by atoms with Gasteiger partial charge >= 0.3 is 17.9 Å². The molecule has 0 aromatic rings. The van der Waals surface area contributed by atoms with Gasteiger partial charge < -0.3 is 29.2 Å². The van der Waals surface area contributed by atoms with Crippen LogP contribution in [0.3, 0.4) is 0 Å². The maximum absolute atomic E-state index is 11.2. The van der Waals surface area contributed by atoms with Crippen LogP contribution in [-0.4, -0.2) is 64.9 Å². The predicted octanol–water partition coefficient (Wildman–Crippen LogP) is -1.12. The summed E-state index contributed by atoms with van der Waals surface area (Å²) in [7, 11) is 0. The Morgan fingerprint density at radius 1 is 0.955 bits per heavy atom. The molecule has 6 atom stereocenters. The molecule has 0 bridgehead atoms. The molecule has 0 aromatic heterocycles. The van der Waals surface area contributed by atoms with E-state index in [2.05, 4.69) is 0 Å². The van der Waals surface area contributed by atoms with Gasteiger partial charge in [-0.1, -0.05) is 0 Å². The van der Waals surface area contributed by atoms with Gasteiger partial charge in [0.15, 0.2) is 6.10 Å². The molecule has 9 nitrogen and oxygen atoms in total. The Kier molecular flexibility index (Phi) is 6.27. The van der Waals surface area contributed by atoms with Crippen LogP contribution in [0.1, 0.15) is 27.7 Å². The highest BCUT2D eigenvalue weighted by Gasteiger charge is 2.52. The topological polar surface area (TPSA) is 129 Å². The number of hydrogen-bond donors (Lipinski definition) is 2. The number of esters is 3. The van der Waals surface area contributed by atoms with Gasteiger partial charge in [0, 0.05) is 20.8 Å². The third kappa shape index (κ3) is 4.65. The Morgan fingerprint density at radius 3 is 1.82 bits per heavy atom. The number of carbonyl (C=O) groups excluding carboxylic acids is 3. The second-order valence-corrected chi connectivity index (χ2v) is 4.96. The third-order valence-electron chi connectivity index (χ3n) is 2.92. The Hall–Kier alpha value is -1.71. The van der Waals surface area contributed by atoms with E-state index < -0.39 is 54.7 Å². The molecule has 1 unspecified atom stereocenters. The molecule has 9 heteroatoms. The smallest absolute Gasteiger partial charge is 0.305 e. The summed E-state index contributed by atoms with van der Waals surface area (Å²) in [5, 5.41) is 19.8. The van der Waals surface area contributed by atoms with Crippen LogP contribution >= 0.6 is 0 Å². The average Bonchev–Trinajstić information content (AvgIpc) is 2.35. The van der Waals surface area contributed by atoms with E-state index in [0.717, 1.165) is 20.8 Å². The quantitative estimate of drug-likeness (QED) is 0.488. The van der Waals surface area contributed by atoms with E-state index in [9.17, 15) is 24.6 Å². The lowest BCUT2D eigenvalue weighted by Crippen LogP contribution is -2.63. The van der Waals surface area contributed by atoms with E-state index in [1.165, 1.54) is 6.92 Å². The van der Waals surface area contributed by atoms with Crippen LogP contribution in [0.2, 0.25) is 0 Å². The van der Waals surface area contributed by atoms with Gasteiger partial charge in [-0.05, 0) is 6.92 Å². The summed E-state index contributed by atoms with van der Waals surface area (Å²) in [6.45, 7) is 4.65. The van der Waals surface area contributed by atoms with E-state index in [1.54, 1.807) is 0 Å². The van der Waals surface area contributed by atoms with E-state index in [0.29, 0.717) is 0 Å². The standard InChI is InChI=1S/C13H20O9/c1-5(14)10-9(18)11(19-6(2)15)12(20-7(3)16)13(22-10)21-8(4)17/h5,9-14,18H,1-4H3/t5-,9+,10+,11-,12-,13?/m0/s1. The molecule has 0 radical (unpaired) electrons. The summed E-state index contributed by atoms with van der Waals surface area (Å²) in [5.74, 6) is -2.22. The van der Waals surface area contributed by atoms with Gasteiger partial charge in [0.25, 0.3) is 0 Å². The molecule has 22 heavy (non-hydrogen) atoms. The van der Waals surface area contributed by atoms with Crippen LogP contribution < -0.4 is 0 Å². The second kappa shape index (κ2) is 7.52. The lowest BCUT2D eigenvalue weighted by molar-refractivity contribution is -0.304. The summed E-state index contributed by atoms with van der Waals surface area (Å²) in [6, 6.07) is 0. The van der Waals surface area contributed by atoms with Crippen molar-refractivity contribution in [3.8, 4) is 0 Å². The maximum atomic E-state index is 11.2. The first-order valence-electron chi connectivity index (χ1n) is 6.66.